The van der Waals surface area contributed by atoms with Crippen LogP contribution >= 0.6 is 0 Å². The summed E-state index contributed by atoms with van der Waals surface area (Å²) in [5.41, 5.74) is 0.138. The topological polar surface area (TPSA) is 183 Å². The van der Waals surface area contributed by atoms with Crippen LogP contribution in [-0.2, 0) is 14.8 Å². The highest BCUT2D eigenvalue weighted by atomic mass is 32.2. The summed E-state index contributed by atoms with van der Waals surface area (Å²) in [4.78, 5) is -0.163. The SMILES string of the molecule is NS(=O)(=O)c1ccc(N[C@]2(O)O[C@H](CO)[C@H](O)[C@H](O)[C@H]2O)cc1. The van der Waals surface area contributed by atoms with Gasteiger partial charge in [-0.1, -0.05) is 0 Å². The van der Waals surface area contributed by atoms with Crippen molar-refractivity contribution in [1.29, 1.82) is 0 Å². The fourth-order valence-electron chi connectivity index (χ4n) is 2.19. The van der Waals surface area contributed by atoms with Crippen LogP contribution in [-0.4, -0.2) is 70.9 Å². The summed E-state index contributed by atoms with van der Waals surface area (Å²) in [5, 5.41) is 55.9. The molecule has 1 aromatic carbocycles. The van der Waals surface area contributed by atoms with Crippen LogP contribution in [0.5, 0.6) is 0 Å². The number of rotatable bonds is 4. The van der Waals surface area contributed by atoms with Gasteiger partial charge in [0.2, 0.25) is 10.0 Å². The quantitative estimate of drug-likeness (QED) is 0.276. The molecule has 11 heteroatoms. The lowest BCUT2D eigenvalue weighted by Crippen LogP contribution is -2.68. The number of hydrogen-bond donors (Lipinski definition) is 7. The molecule has 130 valence electrons. The smallest absolute Gasteiger partial charge is 0.277 e. The van der Waals surface area contributed by atoms with E-state index in [2.05, 4.69) is 5.32 Å². The van der Waals surface area contributed by atoms with E-state index in [4.69, 9.17) is 15.0 Å². The number of aliphatic hydroxyl groups is 5. The summed E-state index contributed by atoms with van der Waals surface area (Å²) in [7, 11) is -3.88. The number of anilines is 1. The Kier molecular flexibility index (Phi) is 4.94. The highest BCUT2D eigenvalue weighted by Crippen LogP contribution is 2.29. The molecule has 23 heavy (non-hydrogen) atoms. The first-order valence-corrected chi connectivity index (χ1v) is 8.09. The molecule has 10 nitrogen and oxygen atoms in total. The first-order chi connectivity index (χ1) is 10.6. The number of aliphatic hydroxyl groups excluding tert-OH is 4. The van der Waals surface area contributed by atoms with Gasteiger partial charge in [0.05, 0.1) is 11.5 Å². The molecular weight excluding hydrogens is 332 g/mol. The molecule has 5 atom stereocenters. The van der Waals surface area contributed by atoms with Gasteiger partial charge in [-0.2, -0.15) is 0 Å². The molecule has 0 spiro atoms. The lowest BCUT2D eigenvalue weighted by molar-refractivity contribution is -0.336. The Morgan fingerprint density at radius 1 is 1.17 bits per heavy atom. The second-order valence-corrected chi connectivity index (χ2v) is 6.72. The van der Waals surface area contributed by atoms with Crippen LogP contribution < -0.4 is 10.5 Å². The lowest BCUT2D eigenvalue weighted by Gasteiger charge is -2.45. The van der Waals surface area contributed by atoms with Gasteiger partial charge in [0.25, 0.3) is 5.91 Å². The van der Waals surface area contributed by atoms with E-state index in [0.29, 0.717) is 0 Å². The minimum absolute atomic E-state index is 0.138. The third-order valence-corrected chi connectivity index (χ3v) is 4.40. The second-order valence-electron chi connectivity index (χ2n) is 5.16. The van der Waals surface area contributed by atoms with Crippen LogP contribution in [0.4, 0.5) is 5.69 Å². The van der Waals surface area contributed by atoms with E-state index in [-0.39, 0.29) is 10.6 Å². The fourth-order valence-corrected chi connectivity index (χ4v) is 2.71. The molecular formula is C12H18N2O8S. The zero-order chi connectivity index (χ0) is 17.4. The maximum atomic E-state index is 11.2. The van der Waals surface area contributed by atoms with Gasteiger partial charge in [-0.15, -0.1) is 0 Å². The average molecular weight is 350 g/mol. The summed E-state index contributed by atoms with van der Waals surface area (Å²) in [5.74, 6) is -2.50. The first kappa shape index (κ1) is 18.0. The molecule has 1 aliphatic heterocycles. The van der Waals surface area contributed by atoms with Crippen molar-refractivity contribution in [2.24, 2.45) is 5.14 Å². The van der Waals surface area contributed by atoms with Gasteiger partial charge in [0.15, 0.2) is 6.10 Å². The third-order valence-electron chi connectivity index (χ3n) is 3.47. The Balaban J connectivity index is 2.23. The highest BCUT2D eigenvalue weighted by Gasteiger charge is 2.53. The number of nitrogens with two attached hydrogens (primary N) is 1. The summed E-state index contributed by atoms with van der Waals surface area (Å²) in [6, 6.07) is 4.81. The molecule has 1 heterocycles. The third kappa shape index (κ3) is 3.62. The Bertz CT molecular complexity index is 650. The Hall–Kier alpha value is -1.31. The molecule has 1 aliphatic rings. The van der Waals surface area contributed by atoms with Gasteiger partial charge in [0.1, 0.15) is 18.3 Å². The largest absolute Gasteiger partial charge is 0.394 e. The van der Waals surface area contributed by atoms with E-state index in [1.165, 1.54) is 12.1 Å². The van der Waals surface area contributed by atoms with Crippen LogP contribution in [0.3, 0.4) is 0 Å². The van der Waals surface area contributed by atoms with Crippen molar-refractivity contribution in [1.82, 2.24) is 0 Å². The number of nitrogens with one attached hydrogen (secondary N) is 1. The van der Waals surface area contributed by atoms with Crippen molar-refractivity contribution < 1.29 is 38.7 Å². The molecule has 1 fully saturated rings. The van der Waals surface area contributed by atoms with Crippen LogP contribution in [0.25, 0.3) is 0 Å². The molecule has 2 rings (SSSR count). The normalized spacial score (nSPS) is 35.0. The molecule has 0 radical (unpaired) electrons. The van der Waals surface area contributed by atoms with Gasteiger partial charge in [-0.05, 0) is 24.3 Å². The second kappa shape index (κ2) is 6.30. The van der Waals surface area contributed by atoms with Crippen LogP contribution in [0, 0.1) is 0 Å². The summed E-state index contributed by atoms with van der Waals surface area (Å²) in [6.45, 7) is -0.709. The molecule has 0 amide bonds. The van der Waals surface area contributed by atoms with E-state index in [0.717, 1.165) is 12.1 Å². The van der Waals surface area contributed by atoms with Gasteiger partial charge in [-0.3, -0.25) is 0 Å². The summed E-state index contributed by atoms with van der Waals surface area (Å²) in [6.07, 6.45) is -6.64. The van der Waals surface area contributed by atoms with Crippen molar-refractivity contribution in [3.8, 4) is 0 Å². The number of sulfonamides is 1. The first-order valence-electron chi connectivity index (χ1n) is 6.55. The van der Waals surface area contributed by atoms with Crippen molar-refractivity contribution in [2.75, 3.05) is 11.9 Å². The predicted molar refractivity (Wildman–Crippen MR) is 76.4 cm³/mol. The zero-order valence-corrected chi connectivity index (χ0v) is 12.6. The number of hydrogen-bond acceptors (Lipinski definition) is 9. The summed E-state index contributed by atoms with van der Waals surface area (Å²) >= 11 is 0. The van der Waals surface area contributed by atoms with Gasteiger partial charge >= 0.3 is 0 Å². The van der Waals surface area contributed by atoms with E-state index in [1.807, 2.05) is 0 Å². The lowest BCUT2D eigenvalue weighted by atomic mass is 9.96. The van der Waals surface area contributed by atoms with Crippen molar-refractivity contribution in [3.05, 3.63) is 24.3 Å². The van der Waals surface area contributed by atoms with Crippen LogP contribution in [0.2, 0.25) is 0 Å². The molecule has 0 aromatic heterocycles. The maximum absolute atomic E-state index is 11.2. The molecule has 0 saturated carbocycles. The van der Waals surface area contributed by atoms with Crippen molar-refractivity contribution in [3.63, 3.8) is 0 Å². The molecule has 1 aromatic rings. The molecule has 0 bridgehead atoms. The van der Waals surface area contributed by atoms with E-state index in [1.54, 1.807) is 0 Å². The number of benzene rings is 1. The highest BCUT2D eigenvalue weighted by molar-refractivity contribution is 7.89. The fraction of sp³-hybridized carbons (Fsp3) is 0.500. The Morgan fingerprint density at radius 2 is 1.74 bits per heavy atom. The molecule has 0 aliphatic carbocycles. The molecule has 1 saturated heterocycles. The number of primary sulfonamides is 1. The monoisotopic (exact) mass is 350 g/mol. The van der Waals surface area contributed by atoms with E-state index < -0.39 is 47.0 Å². The molecule has 8 N–H and O–H groups in total. The number of ether oxygens (including phenoxy) is 1. The maximum Gasteiger partial charge on any atom is 0.277 e. The minimum atomic E-state index is -3.88. The van der Waals surface area contributed by atoms with Gasteiger partial charge in [0, 0.05) is 5.69 Å². The standard InChI is InChI=1S/C12H18N2O8S/c13-23(20,21)7-3-1-6(2-4-7)14-12(19)11(18)10(17)9(16)8(5-15)22-12/h1-4,8-11,14-19H,5H2,(H2,13,20,21)/t8-,9+,10+,11-,12-/m1/s1. The van der Waals surface area contributed by atoms with Crippen molar-refractivity contribution in [2.45, 2.75) is 35.2 Å². The Labute approximate surface area is 131 Å². The van der Waals surface area contributed by atoms with Crippen LogP contribution in [0.15, 0.2) is 29.2 Å². The minimum Gasteiger partial charge on any atom is -0.394 e. The molecule has 0 unspecified atom stereocenters. The average Bonchev–Trinajstić information content (AvgIpc) is 2.49. The zero-order valence-electron chi connectivity index (χ0n) is 11.8. The van der Waals surface area contributed by atoms with Crippen molar-refractivity contribution >= 4 is 15.7 Å². The predicted octanol–water partition coefficient (Wildman–Crippen LogP) is -3.13. The van der Waals surface area contributed by atoms with Crippen LogP contribution in [0.1, 0.15) is 0 Å². The van der Waals surface area contributed by atoms with E-state index >= 15 is 0 Å². The van der Waals surface area contributed by atoms with Gasteiger partial charge in [-0.25, -0.2) is 13.6 Å². The summed E-state index contributed by atoms with van der Waals surface area (Å²) < 4.78 is 27.3. The Morgan fingerprint density at radius 3 is 2.22 bits per heavy atom. The van der Waals surface area contributed by atoms with E-state index in [9.17, 15) is 28.8 Å². The van der Waals surface area contributed by atoms with Gasteiger partial charge < -0.3 is 35.6 Å².